The molecular weight excluding hydrogens is 559 g/mol. The third kappa shape index (κ3) is 7.45. The van der Waals surface area contributed by atoms with E-state index < -0.39 is 17.5 Å². The molecule has 0 bridgehead atoms. The van der Waals surface area contributed by atoms with Gasteiger partial charge in [-0.25, -0.2) is 9.18 Å². The van der Waals surface area contributed by atoms with Crippen LogP contribution in [0, 0.1) is 5.82 Å². The molecule has 0 aliphatic rings. The second-order valence-electron chi connectivity index (χ2n) is 10.4. The van der Waals surface area contributed by atoms with Crippen molar-refractivity contribution in [1.82, 2.24) is 30.9 Å². The second-order valence-corrected chi connectivity index (χ2v) is 11.3. The van der Waals surface area contributed by atoms with Gasteiger partial charge in [0.15, 0.2) is 0 Å². The van der Waals surface area contributed by atoms with E-state index in [1.165, 1.54) is 23.5 Å². The van der Waals surface area contributed by atoms with Crippen molar-refractivity contribution in [3.8, 4) is 28.3 Å². The van der Waals surface area contributed by atoms with Gasteiger partial charge in [0.2, 0.25) is 0 Å². The highest BCUT2D eigenvalue weighted by atomic mass is 32.1. The number of amides is 1. The van der Waals surface area contributed by atoms with Crippen molar-refractivity contribution in [2.75, 3.05) is 26.4 Å². The summed E-state index contributed by atoms with van der Waals surface area (Å²) in [7, 11) is 0. The number of fused-ring (bicyclic) bond motifs is 1. The van der Waals surface area contributed by atoms with E-state index in [4.69, 9.17) is 14.2 Å². The highest BCUT2D eigenvalue weighted by Gasteiger charge is 2.18. The third-order valence-electron chi connectivity index (χ3n) is 6.03. The lowest BCUT2D eigenvalue weighted by atomic mass is 10.0. The van der Waals surface area contributed by atoms with Crippen LogP contribution in [0.15, 0.2) is 60.1 Å². The van der Waals surface area contributed by atoms with Crippen molar-refractivity contribution in [1.29, 1.82) is 0 Å². The summed E-state index contributed by atoms with van der Waals surface area (Å²) in [6.07, 6.45) is 1.85. The van der Waals surface area contributed by atoms with Crippen LogP contribution in [0.5, 0.6) is 5.75 Å². The minimum atomic E-state index is -0.565. The molecule has 0 saturated carbocycles. The average molecular weight is 591 g/mol. The summed E-state index contributed by atoms with van der Waals surface area (Å²) in [4.78, 5) is 11.7. The Morgan fingerprint density at radius 2 is 1.90 bits per heavy atom. The predicted molar refractivity (Wildman–Crippen MR) is 158 cm³/mol. The molecule has 0 atom stereocenters. The van der Waals surface area contributed by atoms with Crippen LogP contribution in [0.1, 0.15) is 32.0 Å². The summed E-state index contributed by atoms with van der Waals surface area (Å²) in [6.45, 7) is 6.39. The number of H-pyrrole nitrogens is 1. The van der Waals surface area contributed by atoms with E-state index in [1.54, 1.807) is 33.0 Å². The fourth-order valence-corrected chi connectivity index (χ4v) is 5.17. The summed E-state index contributed by atoms with van der Waals surface area (Å²) < 4.78 is 31.8. The van der Waals surface area contributed by atoms with Crippen molar-refractivity contribution in [3.63, 3.8) is 0 Å². The zero-order valence-corrected chi connectivity index (χ0v) is 24.3. The fourth-order valence-electron chi connectivity index (χ4n) is 4.28. The van der Waals surface area contributed by atoms with Crippen LogP contribution in [-0.2, 0) is 15.9 Å². The molecule has 218 valence electrons. The number of thiophene rings is 1. The largest absolute Gasteiger partial charge is 0.490 e. The summed E-state index contributed by atoms with van der Waals surface area (Å²) in [6, 6.07) is 14.5. The molecule has 5 aromatic rings. The van der Waals surface area contributed by atoms with Gasteiger partial charge in [-0.3, -0.25) is 0 Å². The van der Waals surface area contributed by atoms with Gasteiger partial charge >= 0.3 is 6.09 Å². The Labute approximate surface area is 246 Å². The molecule has 42 heavy (non-hydrogen) atoms. The molecule has 12 heteroatoms. The van der Waals surface area contributed by atoms with Crippen LogP contribution in [0.2, 0.25) is 0 Å². The van der Waals surface area contributed by atoms with Crippen molar-refractivity contribution < 1.29 is 23.4 Å². The zero-order chi connectivity index (χ0) is 29.5. The maximum absolute atomic E-state index is 14.2. The number of nitrogens with zero attached hydrogens (tertiary/aromatic N) is 4. The van der Waals surface area contributed by atoms with E-state index in [2.05, 4.69) is 37.0 Å². The molecular formula is C30H31FN6O4S. The first-order valence-corrected chi connectivity index (χ1v) is 14.3. The quantitative estimate of drug-likeness (QED) is 0.185. The number of aromatic amines is 1. The van der Waals surface area contributed by atoms with Gasteiger partial charge in [-0.2, -0.15) is 15.4 Å². The van der Waals surface area contributed by atoms with Crippen LogP contribution in [0.25, 0.3) is 32.6 Å². The van der Waals surface area contributed by atoms with Crippen LogP contribution < -0.4 is 10.1 Å². The molecule has 1 amide bonds. The van der Waals surface area contributed by atoms with E-state index in [0.29, 0.717) is 30.0 Å². The van der Waals surface area contributed by atoms with Crippen molar-refractivity contribution in [2.45, 2.75) is 32.8 Å². The first-order chi connectivity index (χ1) is 20.3. The molecule has 0 spiro atoms. The normalized spacial score (nSPS) is 11.5. The van der Waals surface area contributed by atoms with Gasteiger partial charge in [0.05, 0.1) is 29.8 Å². The van der Waals surface area contributed by atoms with Gasteiger partial charge in [0.25, 0.3) is 0 Å². The summed E-state index contributed by atoms with van der Waals surface area (Å²) in [5.41, 5.74) is 4.30. The minimum Gasteiger partial charge on any atom is -0.490 e. The second kappa shape index (κ2) is 13.0. The van der Waals surface area contributed by atoms with Gasteiger partial charge in [-0.05, 0) is 56.0 Å². The Kier molecular flexibility index (Phi) is 9.03. The Bertz CT molecular complexity index is 1650. The first-order valence-electron chi connectivity index (χ1n) is 13.4. The molecule has 5 rings (SSSR count). The summed E-state index contributed by atoms with van der Waals surface area (Å²) >= 11 is 1.54. The highest BCUT2D eigenvalue weighted by molar-refractivity contribution is 7.17. The molecule has 2 N–H and O–H groups in total. The maximum Gasteiger partial charge on any atom is 0.407 e. The van der Waals surface area contributed by atoms with Crippen LogP contribution in [-0.4, -0.2) is 63.7 Å². The summed E-state index contributed by atoms with van der Waals surface area (Å²) in [5, 5.41) is 25.4. The molecule has 0 aliphatic carbocycles. The molecule has 3 heterocycles. The predicted octanol–water partition coefficient (Wildman–Crippen LogP) is 5.79. The highest BCUT2D eigenvalue weighted by Crippen LogP contribution is 2.39. The summed E-state index contributed by atoms with van der Waals surface area (Å²) in [5.74, 6) is -0.0796. The number of hydrogen-bond donors (Lipinski definition) is 2. The molecule has 0 radical (unpaired) electrons. The lowest BCUT2D eigenvalue weighted by Gasteiger charge is -2.19. The van der Waals surface area contributed by atoms with Gasteiger partial charge in [0.1, 0.15) is 35.2 Å². The van der Waals surface area contributed by atoms with Gasteiger partial charge < -0.3 is 19.5 Å². The standard InChI is InChI=1S/C30H31FN6O4S/c1-30(2,3)41-29(38)32-10-11-39-12-13-40-25-17-21(31)7-8-23(25)27-28-24(9-14-42-28)26(35-36-27)20-6-4-5-19(15-20)16-22-18-33-37-34-22/h4-9,14-15,17-18H,10-13,16H2,1-3H3,(H,32,38)(H,33,34,37). The number of ether oxygens (including phenoxy) is 3. The van der Waals surface area contributed by atoms with Gasteiger partial charge in [-0.15, -0.1) is 21.5 Å². The molecule has 0 aliphatic heterocycles. The Hall–Kier alpha value is -4.42. The Morgan fingerprint density at radius 3 is 2.71 bits per heavy atom. The Morgan fingerprint density at radius 1 is 1.05 bits per heavy atom. The molecule has 0 saturated heterocycles. The number of hydrogen-bond acceptors (Lipinski definition) is 9. The first kappa shape index (κ1) is 29.1. The van der Waals surface area contributed by atoms with Gasteiger partial charge in [-0.1, -0.05) is 18.2 Å². The smallest absolute Gasteiger partial charge is 0.407 e. The minimum absolute atomic E-state index is 0.181. The SMILES string of the molecule is CC(C)(C)OC(=O)NCCOCCOc1cc(F)ccc1-c1nnc(-c2cccc(Cc3cn[nH]n3)c2)c2ccsc12. The molecule has 10 nitrogen and oxygen atoms in total. The maximum atomic E-state index is 14.2. The van der Waals surface area contributed by atoms with Crippen molar-refractivity contribution in [2.24, 2.45) is 0 Å². The number of rotatable bonds is 11. The lowest BCUT2D eigenvalue weighted by molar-refractivity contribution is 0.0489. The molecule has 0 fully saturated rings. The Balaban J connectivity index is 1.27. The van der Waals surface area contributed by atoms with E-state index in [9.17, 15) is 9.18 Å². The topological polar surface area (TPSA) is 124 Å². The molecule has 2 aromatic carbocycles. The average Bonchev–Trinajstić information content (AvgIpc) is 3.64. The number of aromatic nitrogens is 5. The van der Waals surface area contributed by atoms with Crippen molar-refractivity contribution >= 4 is 27.5 Å². The number of carbonyl (C=O) groups excluding carboxylic acids is 1. The number of benzene rings is 2. The number of alkyl carbamates (subject to hydrolysis) is 1. The molecule has 3 aromatic heterocycles. The number of halogens is 1. The number of nitrogens with one attached hydrogen (secondary N) is 2. The molecule has 0 unspecified atom stereocenters. The van der Waals surface area contributed by atoms with E-state index in [-0.39, 0.29) is 19.8 Å². The van der Waals surface area contributed by atoms with Crippen LogP contribution in [0.4, 0.5) is 9.18 Å². The van der Waals surface area contributed by atoms with E-state index >= 15 is 0 Å². The lowest BCUT2D eigenvalue weighted by Crippen LogP contribution is -2.34. The number of carbonyl (C=O) groups is 1. The third-order valence-corrected chi connectivity index (χ3v) is 6.96. The monoisotopic (exact) mass is 590 g/mol. The van der Waals surface area contributed by atoms with Crippen LogP contribution in [0.3, 0.4) is 0 Å². The van der Waals surface area contributed by atoms with Gasteiger partial charge in [0, 0.05) is 35.5 Å². The van der Waals surface area contributed by atoms with Crippen LogP contribution >= 0.6 is 11.3 Å². The fraction of sp³-hybridized carbons (Fsp3) is 0.300. The van der Waals surface area contributed by atoms with E-state index in [0.717, 1.165) is 32.6 Å². The van der Waals surface area contributed by atoms with E-state index in [1.807, 2.05) is 29.6 Å². The van der Waals surface area contributed by atoms with Crippen molar-refractivity contribution in [3.05, 3.63) is 77.2 Å². The zero-order valence-electron chi connectivity index (χ0n) is 23.5.